The molecule has 1 aromatic rings. The fourth-order valence-corrected chi connectivity index (χ4v) is 5.20. The van der Waals surface area contributed by atoms with Crippen molar-refractivity contribution in [3.05, 3.63) is 33.3 Å². The number of fused-ring (bicyclic) bond motifs is 3. The topological polar surface area (TPSA) is 47.6 Å². The first kappa shape index (κ1) is 19.3. The minimum absolute atomic E-state index is 0.00459. The molecule has 1 N–H and O–H groups in total. The van der Waals surface area contributed by atoms with Gasteiger partial charge < -0.3 is 9.47 Å². The number of carbonyl (C=O) groups is 1. The van der Waals surface area contributed by atoms with Crippen molar-refractivity contribution in [3.8, 4) is 5.75 Å². The van der Waals surface area contributed by atoms with Gasteiger partial charge in [-0.05, 0) is 55.5 Å². The van der Waals surface area contributed by atoms with Gasteiger partial charge in [-0.3, -0.25) is 10.1 Å². The van der Waals surface area contributed by atoms with Gasteiger partial charge in [-0.25, -0.2) is 0 Å². The Bertz CT molecular complexity index is 786. The average Bonchev–Trinajstić information content (AvgIpc) is 2.98. The summed E-state index contributed by atoms with van der Waals surface area (Å²) in [5, 5.41) is 4.19. The molecule has 0 spiro atoms. The molecule has 27 heavy (non-hydrogen) atoms. The Morgan fingerprint density at radius 1 is 1.37 bits per heavy atom. The third-order valence-corrected chi connectivity index (χ3v) is 6.76. The molecule has 0 saturated carbocycles. The van der Waals surface area contributed by atoms with Crippen molar-refractivity contribution in [1.82, 2.24) is 5.32 Å². The lowest BCUT2D eigenvalue weighted by atomic mass is 9.70. The molecule has 0 bridgehead atoms. The van der Waals surface area contributed by atoms with Crippen LogP contribution in [0.3, 0.4) is 0 Å². The quantitative estimate of drug-likeness (QED) is 0.758. The van der Waals surface area contributed by atoms with E-state index >= 15 is 0 Å². The van der Waals surface area contributed by atoms with E-state index in [0.717, 1.165) is 62.0 Å². The number of ketones is 1. The summed E-state index contributed by atoms with van der Waals surface area (Å²) < 4.78 is 11.6. The van der Waals surface area contributed by atoms with E-state index in [1.54, 1.807) is 6.08 Å². The van der Waals surface area contributed by atoms with Crippen molar-refractivity contribution in [2.24, 2.45) is 5.41 Å². The lowest BCUT2D eigenvalue weighted by molar-refractivity contribution is -0.115. The van der Waals surface area contributed by atoms with Crippen LogP contribution in [0.5, 0.6) is 5.75 Å². The maximum atomic E-state index is 12.1. The van der Waals surface area contributed by atoms with Gasteiger partial charge in [0.1, 0.15) is 23.6 Å². The van der Waals surface area contributed by atoms with Crippen LogP contribution < -0.4 is 10.1 Å². The Balaban J connectivity index is 1.65. The first-order valence-electron chi connectivity index (χ1n) is 9.78. The number of halogens is 2. The molecule has 146 valence electrons. The van der Waals surface area contributed by atoms with E-state index < -0.39 is 0 Å². The van der Waals surface area contributed by atoms with Crippen LogP contribution in [-0.2, 0) is 16.0 Å². The summed E-state index contributed by atoms with van der Waals surface area (Å²) in [4.78, 5) is 12.1. The van der Waals surface area contributed by atoms with E-state index in [2.05, 4.69) is 12.2 Å². The van der Waals surface area contributed by atoms with Crippen molar-refractivity contribution >= 4 is 34.6 Å². The van der Waals surface area contributed by atoms with E-state index in [1.165, 1.54) is 0 Å². The number of benzene rings is 1. The SMILES string of the molecule is CCCC12CCC(=O)C=C1c1c(cc(OC[C@@H]3NCCCO3)c(Cl)c1Cl)C2. The highest BCUT2D eigenvalue weighted by Gasteiger charge is 2.45. The van der Waals surface area contributed by atoms with Gasteiger partial charge in [0.15, 0.2) is 5.78 Å². The largest absolute Gasteiger partial charge is 0.488 e. The number of rotatable bonds is 5. The average molecular weight is 410 g/mol. The molecule has 2 atom stereocenters. The Labute approximate surface area is 170 Å². The van der Waals surface area contributed by atoms with Crippen molar-refractivity contribution in [1.29, 1.82) is 0 Å². The molecule has 1 fully saturated rings. The fraction of sp³-hybridized carbons (Fsp3) is 0.571. The third kappa shape index (κ3) is 3.53. The summed E-state index contributed by atoms with van der Waals surface area (Å²) in [5.41, 5.74) is 3.16. The van der Waals surface area contributed by atoms with Crippen molar-refractivity contribution in [3.63, 3.8) is 0 Å². The smallest absolute Gasteiger partial charge is 0.156 e. The second-order valence-electron chi connectivity index (χ2n) is 7.75. The molecular formula is C21H25Cl2NO3. The zero-order valence-corrected chi connectivity index (χ0v) is 17.1. The summed E-state index contributed by atoms with van der Waals surface area (Å²) >= 11 is 13.2. The van der Waals surface area contributed by atoms with Gasteiger partial charge >= 0.3 is 0 Å². The van der Waals surface area contributed by atoms with Gasteiger partial charge in [-0.15, -0.1) is 0 Å². The van der Waals surface area contributed by atoms with Crippen molar-refractivity contribution in [2.45, 2.75) is 51.7 Å². The lowest BCUT2D eigenvalue weighted by Crippen LogP contribution is -2.42. The number of hydrogen-bond acceptors (Lipinski definition) is 4. The number of nitrogens with one attached hydrogen (secondary N) is 1. The van der Waals surface area contributed by atoms with Crippen molar-refractivity contribution < 1.29 is 14.3 Å². The van der Waals surface area contributed by atoms with Gasteiger partial charge in [0.05, 0.1) is 11.6 Å². The molecule has 4 nitrogen and oxygen atoms in total. The number of allylic oxidation sites excluding steroid dienone is 2. The van der Waals surface area contributed by atoms with E-state index in [0.29, 0.717) is 28.8 Å². The summed E-state index contributed by atoms with van der Waals surface area (Å²) in [5.74, 6) is 0.770. The van der Waals surface area contributed by atoms with Crippen LogP contribution >= 0.6 is 23.2 Å². The van der Waals surface area contributed by atoms with Gasteiger partial charge in [-0.1, -0.05) is 36.5 Å². The predicted octanol–water partition coefficient (Wildman–Crippen LogP) is 4.80. The Kier molecular flexibility index (Phi) is 5.52. The highest BCUT2D eigenvalue weighted by Crippen LogP contribution is 2.58. The van der Waals surface area contributed by atoms with Gasteiger partial charge in [-0.2, -0.15) is 0 Å². The maximum absolute atomic E-state index is 12.1. The molecule has 1 aromatic carbocycles. The number of carbonyl (C=O) groups excluding carboxylic acids is 1. The summed E-state index contributed by atoms with van der Waals surface area (Å²) in [6.45, 7) is 4.23. The summed E-state index contributed by atoms with van der Waals surface area (Å²) in [6, 6.07) is 2.01. The monoisotopic (exact) mass is 409 g/mol. The number of hydrogen-bond donors (Lipinski definition) is 1. The maximum Gasteiger partial charge on any atom is 0.156 e. The summed E-state index contributed by atoms with van der Waals surface area (Å²) in [6.07, 6.45) is 7.17. The predicted molar refractivity (Wildman–Crippen MR) is 108 cm³/mol. The number of ether oxygens (including phenoxy) is 2. The molecule has 6 heteroatoms. The molecule has 0 radical (unpaired) electrons. The molecule has 4 rings (SSSR count). The van der Waals surface area contributed by atoms with Crippen molar-refractivity contribution in [2.75, 3.05) is 19.8 Å². The minimum atomic E-state index is -0.129. The van der Waals surface area contributed by atoms with Crippen LogP contribution in [0.1, 0.15) is 50.2 Å². The molecule has 1 heterocycles. The normalized spacial score (nSPS) is 27.1. The molecule has 1 unspecified atom stereocenters. The molecular weight excluding hydrogens is 385 g/mol. The van der Waals surface area contributed by atoms with Gasteiger partial charge in [0, 0.05) is 17.4 Å². The van der Waals surface area contributed by atoms with E-state index in [4.69, 9.17) is 32.7 Å². The van der Waals surface area contributed by atoms with Gasteiger partial charge in [0.25, 0.3) is 0 Å². The molecule has 1 saturated heterocycles. The van der Waals surface area contributed by atoms with Crippen LogP contribution in [0, 0.1) is 5.41 Å². The lowest BCUT2D eigenvalue weighted by Gasteiger charge is -2.33. The molecule has 2 aliphatic carbocycles. The molecule has 0 amide bonds. The highest BCUT2D eigenvalue weighted by molar-refractivity contribution is 6.44. The van der Waals surface area contributed by atoms with E-state index in [-0.39, 0.29) is 17.4 Å². The third-order valence-electron chi connectivity index (χ3n) is 5.91. The Hall–Kier alpha value is -1.07. The highest BCUT2D eigenvalue weighted by atomic mass is 35.5. The Morgan fingerprint density at radius 2 is 2.22 bits per heavy atom. The van der Waals surface area contributed by atoms with Crippen LogP contribution in [0.15, 0.2) is 12.1 Å². The van der Waals surface area contributed by atoms with Crippen LogP contribution in [-0.4, -0.2) is 31.8 Å². The zero-order valence-electron chi connectivity index (χ0n) is 15.6. The molecule has 3 aliphatic rings. The van der Waals surface area contributed by atoms with E-state index in [9.17, 15) is 4.79 Å². The second kappa shape index (κ2) is 7.75. The standard InChI is InChI=1S/C21H25Cl2NO3/c1-2-5-21-6-4-14(25)10-15(21)18-13(11-21)9-16(19(22)20(18)23)27-12-17-24-7-3-8-26-17/h9-10,17,24H,2-8,11-12H2,1H3/t17-,21?/m1/s1. The Morgan fingerprint density at radius 3 is 2.96 bits per heavy atom. The fourth-order valence-electron chi connectivity index (χ4n) is 4.68. The van der Waals surface area contributed by atoms with Crippen LogP contribution in [0.2, 0.25) is 10.0 Å². The van der Waals surface area contributed by atoms with Crippen LogP contribution in [0.25, 0.3) is 5.57 Å². The first-order valence-corrected chi connectivity index (χ1v) is 10.5. The second-order valence-corrected chi connectivity index (χ2v) is 8.50. The minimum Gasteiger partial charge on any atom is -0.488 e. The van der Waals surface area contributed by atoms with E-state index in [1.807, 2.05) is 6.07 Å². The van der Waals surface area contributed by atoms with Gasteiger partial charge in [0.2, 0.25) is 0 Å². The first-order chi connectivity index (χ1) is 13.0. The molecule has 0 aromatic heterocycles. The van der Waals surface area contributed by atoms with Crippen LogP contribution in [0.4, 0.5) is 0 Å². The zero-order chi connectivity index (χ0) is 19.0. The molecule has 1 aliphatic heterocycles. The summed E-state index contributed by atoms with van der Waals surface area (Å²) in [7, 11) is 0.